The molecule has 0 heterocycles. The van der Waals surface area contributed by atoms with Crippen LogP contribution >= 0.6 is 0 Å². The van der Waals surface area contributed by atoms with E-state index >= 15 is 0 Å². The highest BCUT2D eigenvalue weighted by atomic mass is 19.3. The molecule has 0 aromatic heterocycles. The second-order valence-corrected chi connectivity index (χ2v) is 2.88. The van der Waals surface area contributed by atoms with Crippen LogP contribution in [0.3, 0.4) is 0 Å². The van der Waals surface area contributed by atoms with E-state index in [0.29, 0.717) is 0 Å². The lowest BCUT2D eigenvalue weighted by molar-refractivity contribution is -0.0132. The zero-order valence-electron chi connectivity index (χ0n) is 7.30. The van der Waals surface area contributed by atoms with Crippen LogP contribution < -0.4 is 5.73 Å². The summed E-state index contributed by atoms with van der Waals surface area (Å²) in [5.74, 6) is -5.36. The quantitative estimate of drug-likeness (QED) is 0.792. The number of aromatic hydroxyl groups is 1. The average Bonchev–Trinajstić information content (AvgIpc) is 2.09. The summed E-state index contributed by atoms with van der Waals surface area (Å²) in [4.78, 5) is 0. The molecule has 0 unspecified atom stereocenters. The van der Waals surface area contributed by atoms with E-state index in [-0.39, 0.29) is 6.54 Å². The minimum absolute atomic E-state index is 0.233. The van der Waals surface area contributed by atoms with Crippen molar-refractivity contribution < 1.29 is 18.3 Å². The van der Waals surface area contributed by atoms with Gasteiger partial charge in [0.2, 0.25) is 0 Å². The van der Waals surface area contributed by atoms with Crippen molar-refractivity contribution >= 4 is 0 Å². The number of hydrogen-bond donors (Lipinski definition) is 2. The summed E-state index contributed by atoms with van der Waals surface area (Å²) < 4.78 is 39.1. The van der Waals surface area contributed by atoms with Gasteiger partial charge in [0, 0.05) is 6.42 Å². The number of para-hydroxylation sites is 1. The summed E-state index contributed by atoms with van der Waals surface area (Å²) in [5.41, 5.74) is 4.27. The number of alkyl halides is 2. The molecule has 0 saturated heterocycles. The molecule has 1 aromatic carbocycles. The van der Waals surface area contributed by atoms with Gasteiger partial charge in [-0.05, 0) is 18.7 Å². The van der Waals surface area contributed by atoms with Gasteiger partial charge in [-0.25, -0.2) is 13.2 Å². The monoisotopic (exact) mass is 205 g/mol. The van der Waals surface area contributed by atoms with Crippen LogP contribution in [0.15, 0.2) is 18.2 Å². The van der Waals surface area contributed by atoms with Crippen LogP contribution in [0.25, 0.3) is 0 Å². The van der Waals surface area contributed by atoms with Crippen molar-refractivity contribution in [3.05, 3.63) is 29.6 Å². The van der Waals surface area contributed by atoms with Crippen molar-refractivity contribution in [2.24, 2.45) is 5.73 Å². The Morgan fingerprint density at radius 2 is 2.00 bits per heavy atom. The first kappa shape index (κ1) is 10.8. The van der Waals surface area contributed by atoms with Gasteiger partial charge in [-0.15, -0.1) is 0 Å². The zero-order chi connectivity index (χ0) is 10.8. The highest BCUT2D eigenvalue weighted by Crippen LogP contribution is 2.37. The molecule has 5 heteroatoms. The lowest BCUT2D eigenvalue weighted by Crippen LogP contribution is -2.19. The Morgan fingerprint density at radius 1 is 1.36 bits per heavy atom. The van der Waals surface area contributed by atoms with E-state index in [2.05, 4.69) is 0 Å². The first-order valence-corrected chi connectivity index (χ1v) is 4.05. The Morgan fingerprint density at radius 3 is 2.57 bits per heavy atom. The predicted octanol–water partition coefficient (Wildman–Crippen LogP) is 1.97. The second kappa shape index (κ2) is 3.88. The summed E-state index contributed by atoms with van der Waals surface area (Å²) in [6.07, 6.45) is -0.621. The lowest BCUT2D eigenvalue weighted by atomic mass is 10.0. The first-order chi connectivity index (χ1) is 6.49. The van der Waals surface area contributed by atoms with Crippen molar-refractivity contribution in [1.29, 1.82) is 0 Å². The third kappa shape index (κ3) is 1.98. The van der Waals surface area contributed by atoms with Crippen LogP contribution in [0.2, 0.25) is 0 Å². The Kier molecular flexibility index (Phi) is 3.00. The third-order valence-electron chi connectivity index (χ3n) is 1.84. The molecule has 2 nitrogen and oxygen atoms in total. The number of phenols is 1. The fourth-order valence-electron chi connectivity index (χ4n) is 1.13. The number of hydrogen-bond acceptors (Lipinski definition) is 2. The fourth-order valence-corrected chi connectivity index (χ4v) is 1.13. The van der Waals surface area contributed by atoms with Gasteiger partial charge < -0.3 is 10.8 Å². The maximum Gasteiger partial charge on any atom is 0.278 e. The van der Waals surface area contributed by atoms with Crippen LogP contribution in [-0.4, -0.2) is 11.7 Å². The molecule has 0 spiro atoms. The fraction of sp³-hybridized carbons (Fsp3) is 0.333. The molecule has 0 aliphatic heterocycles. The predicted molar refractivity (Wildman–Crippen MR) is 45.6 cm³/mol. The molecule has 14 heavy (non-hydrogen) atoms. The normalized spacial score (nSPS) is 11.7. The summed E-state index contributed by atoms with van der Waals surface area (Å²) in [7, 11) is 0. The van der Waals surface area contributed by atoms with E-state index in [1.54, 1.807) is 0 Å². The standard InChI is InChI=1S/C9H10F3NO/c10-7-3-1-2-6(8(7)14)9(11,12)4-5-13/h1-3,14H,4-5,13H2. The number of nitrogens with two attached hydrogens (primary N) is 1. The van der Waals surface area contributed by atoms with Crippen LogP contribution in [0, 0.1) is 5.82 Å². The number of halogens is 3. The summed E-state index contributed by atoms with van der Waals surface area (Å²) >= 11 is 0. The van der Waals surface area contributed by atoms with Gasteiger partial charge >= 0.3 is 0 Å². The van der Waals surface area contributed by atoms with Crippen LogP contribution in [0.5, 0.6) is 5.75 Å². The minimum atomic E-state index is -3.29. The molecule has 0 bridgehead atoms. The van der Waals surface area contributed by atoms with Crippen molar-refractivity contribution in [3.63, 3.8) is 0 Å². The van der Waals surface area contributed by atoms with Gasteiger partial charge in [-0.2, -0.15) is 0 Å². The molecular formula is C9H10F3NO. The van der Waals surface area contributed by atoms with E-state index in [1.807, 2.05) is 0 Å². The third-order valence-corrected chi connectivity index (χ3v) is 1.84. The molecule has 0 aliphatic carbocycles. The summed E-state index contributed by atoms with van der Waals surface area (Å²) in [6.45, 7) is -0.233. The maximum absolute atomic E-state index is 13.2. The van der Waals surface area contributed by atoms with Gasteiger partial charge in [0.15, 0.2) is 11.6 Å². The molecular weight excluding hydrogens is 195 g/mol. The van der Waals surface area contributed by atoms with Crippen molar-refractivity contribution in [2.45, 2.75) is 12.3 Å². The van der Waals surface area contributed by atoms with E-state index in [4.69, 9.17) is 10.8 Å². The highest BCUT2D eigenvalue weighted by molar-refractivity contribution is 5.36. The molecule has 0 aliphatic rings. The smallest absolute Gasteiger partial charge is 0.278 e. The van der Waals surface area contributed by atoms with Gasteiger partial charge in [0.05, 0.1) is 5.56 Å². The lowest BCUT2D eigenvalue weighted by Gasteiger charge is -2.16. The van der Waals surface area contributed by atoms with Crippen molar-refractivity contribution in [2.75, 3.05) is 6.54 Å². The number of benzene rings is 1. The van der Waals surface area contributed by atoms with Crippen molar-refractivity contribution in [1.82, 2.24) is 0 Å². The van der Waals surface area contributed by atoms with Gasteiger partial charge in [-0.1, -0.05) is 6.07 Å². The number of phenolic OH excluding ortho intramolecular Hbond substituents is 1. The average molecular weight is 205 g/mol. The SMILES string of the molecule is NCCC(F)(F)c1cccc(F)c1O. The molecule has 0 fully saturated rings. The zero-order valence-corrected chi connectivity index (χ0v) is 7.30. The van der Waals surface area contributed by atoms with Gasteiger partial charge in [-0.3, -0.25) is 0 Å². The Balaban J connectivity index is 3.12. The molecule has 3 N–H and O–H groups in total. The molecule has 0 radical (unpaired) electrons. The van der Waals surface area contributed by atoms with E-state index < -0.39 is 29.5 Å². The number of rotatable bonds is 3. The van der Waals surface area contributed by atoms with Crippen LogP contribution in [0.4, 0.5) is 13.2 Å². The summed E-state index contributed by atoms with van der Waals surface area (Å²) in [6, 6.07) is 3.01. The van der Waals surface area contributed by atoms with Gasteiger partial charge in [0.25, 0.3) is 5.92 Å². The molecule has 1 aromatic rings. The molecule has 78 valence electrons. The maximum atomic E-state index is 13.2. The Hall–Kier alpha value is -1.23. The Labute approximate surface area is 79.2 Å². The van der Waals surface area contributed by atoms with E-state index in [1.165, 1.54) is 0 Å². The largest absolute Gasteiger partial charge is 0.504 e. The molecule has 0 amide bonds. The van der Waals surface area contributed by atoms with Gasteiger partial charge in [0.1, 0.15) is 0 Å². The molecule has 0 atom stereocenters. The Bertz CT molecular complexity index is 328. The van der Waals surface area contributed by atoms with Crippen molar-refractivity contribution in [3.8, 4) is 5.75 Å². The highest BCUT2D eigenvalue weighted by Gasteiger charge is 2.34. The topological polar surface area (TPSA) is 46.2 Å². The van der Waals surface area contributed by atoms with E-state index in [9.17, 15) is 13.2 Å². The summed E-state index contributed by atoms with van der Waals surface area (Å²) in [5, 5.41) is 9.06. The van der Waals surface area contributed by atoms with Crippen LogP contribution in [0.1, 0.15) is 12.0 Å². The van der Waals surface area contributed by atoms with Crippen LogP contribution in [-0.2, 0) is 5.92 Å². The minimum Gasteiger partial charge on any atom is -0.504 e. The van der Waals surface area contributed by atoms with E-state index in [0.717, 1.165) is 18.2 Å². The second-order valence-electron chi connectivity index (χ2n) is 2.88. The molecule has 1 rings (SSSR count). The first-order valence-electron chi connectivity index (χ1n) is 4.05. The molecule has 0 saturated carbocycles.